The zero-order valence-corrected chi connectivity index (χ0v) is 17.0. The number of esters is 1. The Labute approximate surface area is 174 Å². The van der Waals surface area contributed by atoms with E-state index in [1.54, 1.807) is 0 Å². The molecule has 29 heavy (non-hydrogen) atoms. The molecule has 0 saturated carbocycles. The Kier molecular flexibility index (Phi) is 6.34. The number of methoxy groups -OCH3 is 1. The second-order valence-electron chi connectivity index (χ2n) is 6.60. The number of ether oxygens (including phenoxy) is 1. The van der Waals surface area contributed by atoms with Crippen LogP contribution in [-0.4, -0.2) is 24.9 Å². The number of imide groups is 1. The average molecular weight is 413 g/mol. The SMILES string of the molecule is CCCCc1ccc(NC2=C(Cl)C(=O)N(c3ccc(C(=O)OC)cc3)C2=O)cc1. The van der Waals surface area contributed by atoms with Gasteiger partial charge in [0, 0.05) is 5.69 Å². The molecule has 3 rings (SSSR count). The fourth-order valence-corrected chi connectivity index (χ4v) is 3.20. The van der Waals surface area contributed by atoms with E-state index < -0.39 is 17.8 Å². The molecule has 1 aliphatic rings. The summed E-state index contributed by atoms with van der Waals surface area (Å²) in [6, 6.07) is 13.6. The van der Waals surface area contributed by atoms with Gasteiger partial charge in [0.05, 0.1) is 18.4 Å². The fraction of sp³-hybridized carbons (Fsp3) is 0.227. The zero-order chi connectivity index (χ0) is 21.0. The summed E-state index contributed by atoms with van der Waals surface area (Å²) in [4.78, 5) is 37.9. The summed E-state index contributed by atoms with van der Waals surface area (Å²) in [6.45, 7) is 2.14. The van der Waals surface area contributed by atoms with E-state index in [2.05, 4.69) is 17.0 Å². The lowest BCUT2D eigenvalue weighted by Gasteiger charge is -2.15. The van der Waals surface area contributed by atoms with E-state index in [1.807, 2.05) is 24.3 Å². The maximum atomic E-state index is 12.8. The number of unbranched alkanes of at least 4 members (excludes halogenated alkanes) is 1. The van der Waals surface area contributed by atoms with Crippen LogP contribution in [0, 0.1) is 0 Å². The second-order valence-corrected chi connectivity index (χ2v) is 6.98. The van der Waals surface area contributed by atoms with Gasteiger partial charge in [-0.25, -0.2) is 9.69 Å². The molecule has 0 fully saturated rings. The number of benzene rings is 2. The van der Waals surface area contributed by atoms with Crippen molar-refractivity contribution < 1.29 is 19.1 Å². The molecule has 2 aromatic rings. The number of nitrogens with one attached hydrogen (secondary N) is 1. The summed E-state index contributed by atoms with van der Waals surface area (Å²) in [6.07, 6.45) is 3.23. The zero-order valence-electron chi connectivity index (χ0n) is 16.2. The van der Waals surface area contributed by atoms with Gasteiger partial charge in [-0.2, -0.15) is 0 Å². The van der Waals surface area contributed by atoms with Gasteiger partial charge in [0.15, 0.2) is 0 Å². The molecular formula is C22H21ClN2O4. The molecule has 0 aliphatic carbocycles. The minimum absolute atomic E-state index is 0.0232. The topological polar surface area (TPSA) is 75.7 Å². The molecule has 150 valence electrons. The number of carbonyl (C=O) groups excluding carboxylic acids is 3. The molecule has 1 aliphatic heterocycles. The highest BCUT2D eigenvalue weighted by Crippen LogP contribution is 2.30. The largest absolute Gasteiger partial charge is 0.465 e. The number of anilines is 2. The highest BCUT2D eigenvalue weighted by Gasteiger charge is 2.39. The number of carbonyl (C=O) groups is 3. The van der Waals surface area contributed by atoms with E-state index in [0.717, 1.165) is 24.2 Å². The van der Waals surface area contributed by atoms with Crippen LogP contribution < -0.4 is 10.2 Å². The lowest BCUT2D eigenvalue weighted by molar-refractivity contribution is -0.120. The van der Waals surface area contributed by atoms with Crippen LogP contribution in [0.1, 0.15) is 35.7 Å². The first kappa shape index (κ1) is 20.6. The van der Waals surface area contributed by atoms with Gasteiger partial charge in [-0.05, 0) is 54.8 Å². The highest BCUT2D eigenvalue weighted by atomic mass is 35.5. The van der Waals surface area contributed by atoms with Gasteiger partial charge >= 0.3 is 5.97 Å². The molecule has 0 saturated heterocycles. The van der Waals surface area contributed by atoms with Gasteiger partial charge in [-0.3, -0.25) is 9.59 Å². The van der Waals surface area contributed by atoms with Crippen LogP contribution in [0.3, 0.4) is 0 Å². The van der Waals surface area contributed by atoms with Crippen molar-refractivity contribution in [2.24, 2.45) is 0 Å². The summed E-state index contributed by atoms with van der Waals surface area (Å²) in [5.41, 5.74) is 2.53. The summed E-state index contributed by atoms with van der Waals surface area (Å²) in [5, 5.41) is 2.78. The van der Waals surface area contributed by atoms with Gasteiger partial charge < -0.3 is 10.1 Å². The van der Waals surface area contributed by atoms with Crippen LogP contribution in [0.15, 0.2) is 59.3 Å². The van der Waals surface area contributed by atoms with Crippen molar-refractivity contribution in [3.63, 3.8) is 0 Å². The molecule has 0 radical (unpaired) electrons. The summed E-state index contributed by atoms with van der Waals surface area (Å²) >= 11 is 6.15. The predicted molar refractivity (Wildman–Crippen MR) is 112 cm³/mol. The highest BCUT2D eigenvalue weighted by molar-refractivity contribution is 6.53. The Bertz CT molecular complexity index is 965. The van der Waals surface area contributed by atoms with Crippen LogP contribution in [0.25, 0.3) is 0 Å². The first-order valence-corrected chi connectivity index (χ1v) is 9.67. The van der Waals surface area contributed by atoms with E-state index in [9.17, 15) is 14.4 Å². The van der Waals surface area contributed by atoms with Crippen molar-refractivity contribution in [2.75, 3.05) is 17.3 Å². The van der Waals surface area contributed by atoms with Crippen molar-refractivity contribution >= 4 is 40.8 Å². The first-order valence-electron chi connectivity index (χ1n) is 9.29. The lowest BCUT2D eigenvalue weighted by atomic mass is 10.1. The molecular weight excluding hydrogens is 392 g/mol. The van der Waals surface area contributed by atoms with E-state index >= 15 is 0 Å². The molecule has 1 heterocycles. The first-order chi connectivity index (χ1) is 14.0. The third-order valence-corrected chi connectivity index (χ3v) is 4.97. The Hall–Kier alpha value is -3.12. The molecule has 0 spiro atoms. The van der Waals surface area contributed by atoms with Crippen molar-refractivity contribution in [3.8, 4) is 0 Å². The Morgan fingerprint density at radius 3 is 2.28 bits per heavy atom. The monoisotopic (exact) mass is 412 g/mol. The van der Waals surface area contributed by atoms with Crippen LogP contribution in [0.2, 0.25) is 0 Å². The van der Waals surface area contributed by atoms with E-state index in [-0.39, 0.29) is 10.7 Å². The third kappa shape index (κ3) is 4.32. The van der Waals surface area contributed by atoms with Crippen molar-refractivity contribution in [3.05, 3.63) is 70.4 Å². The van der Waals surface area contributed by atoms with Gasteiger partial charge in [0.2, 0.25) is 0 Å². The van der Waals surface area contributed by atoms with Crippen molar-refractivity contribution in [1.82, 2.24) is 0 Å². The number of halogens is 1. The predicted octanol–water partition coefficient (Wildman–Crippen LogP) is 4.25. The van der Waals surface area contributed by atoms with Crippen LogP contribution in [0.4, 0.5) is 11.4 Å². The minimum Gasteiger partial charge on any atom is -0.465 e. The Morgan fingerprint density at radius 1 is 1.03 bits per heavy atom. The third-order valence-electron chi connectivity index (χ3n) is 4.62. The van der Waals surface area contributed by atoms with Gasteiger partial charge in [-0.15, -0.1) is 0 Å². The standard InChI is InChI=1S/C22H21ClN2O4/c1-3-4-5-14-6-10-16(11-7-14)24-19-18(23)20(26)25(21(19)27)17-12-8-15(9-13-17)22(28)29-2/h6-13,24H,3-5H2,1-2H3. The van der Waals surface area contributed by atoms with Gasteiger partial charge in [-0.1, -0.05) is 37.1 Å². The molecule has 6 nitrogen and oxygen atoms in total. The summed E-state index contributed by atoms with van der Waals surface area (Å²) < 4.78 is 4.65. The number of hydrogen-bond donors (Lipinski definition) is 1. The maximum Gasteiger partial charge on any atom is 0.337 e. The van der Waals surface area contributed by atoms with Gasteiger partial charge in [0.25, 0.3) is 11.8 Å². The quantitative estimate of drug-likeness (QED) is 0.543. The molecule has 0 aromatic heterocycles. The minimum atomic E-state index is -0.621. The average Bonchev–Trinajstić information content (AvgIpc) is 2.96. The van der Waals surface area contributed by atoms with E-state index in [1.165, 1.54) is 36.9 Å². The summed E-state index contributed by atoms with van der Waals surface area (Å²) in [7, 11) is 1.28. The number of hydrogen-bond acceptors (Lipinski definition) is 5. The maximum absolute atomic E-state index is 12.8. The molecule has 7 heteroatoms. The Morgan fingerprint density at radius 2 is 1.69 bits per heavy atom. The van der Waals surface area contributed by atoms with E-state index in [0.29, 0.717) is 16.9 Å². The van der Waals surface area contributed by atoms with Crippen molar-refractivity contribution in [1.29, 1.82) is 0 Å². The second kappa shape index (κ2) is 8.92. The number of amides is 2. The number of nitrogens with zero attached hydrogens (tertiary/aromatic N) is 1. The molecule has 1 N–H and O–H groups in total. The normalized spacial score (nSPS) is 13.8. The number of rotatable bonds is 7. The smallest absolute Gasteiger partial charge is 0.337 e. The van der Waals surface area contributed by atoms with Crippen LogP contribution in [-0.2, 0) is 20.7 Å². The van der Waals surface area contributed by atoms with E-state index in [4.69, 9.17) is 11.6 Å². The van der Waals surface area contributed by atoms with Crippen molar-refractivity contribution in [2.45, 2.75) is 26.2 Å². The fourth-order valence-electron chi connectivity index (χ4n) is 2.99. The molecule has 2 aromatic carbocycles. The van der Waals surface area contributed by atoms with Crippen LogP contribution >= 0.6 is 11.6 Å². The Balaban J connectivity index is 1.77. The number of aryl methyl sites for hydroxylation is 1. The molecule has 0 unspecified atom stereocenters. The molecule has 0 bridgehead atoms. The lowest BCUT2D eigenvalue weighted by Crippen LogP contribution is -2.32. The molecule has 0 atom stereocenters. The van der Waals surface area contributed by atoms with Crippen LogP contribution in [0.5, 0.6) is 0 Å². The summed E-state index contributed by atoms with van der Waals surface area (Å²) in [5.74, 6) is -1.68. The molecule has 2 amide bonds. The van der Waals surface area contributed by atoms with Gasteiger partial charge in [0.1, 0.15) is 10.7 Å².